The molecular weight excluding hydrogens is 697 g/mol. The topological polar surface area (TPSA) is 162 Å². The van der Waals surface area contributed by atoms with Crippen LogP contribution in [0.25, 0.3) is 0 Å². The summed E-state index contributed by atoms with van der Waals surface area (Å²) < 4.78 is 27.1. The Bertz CT molecular complexity index is 1020. The standard InChI is InChI=1S/C23H27N5O3S.3CO.Re/c24-30-31-32-22-12-10-19(11-13-22)27-23(29)9-3-6-16-28(17-20-7-1-4-14-25-20)18-21-8-2-5-15-26-21;3*1-2;/h1-2,4-5,7-8,10-15H,3,6,9,16-18,24H2,(H,27,29);;;;. The maximum absolute atomic E-state index is 12.3. The van der Waals surface area contributed by atoms with E-state index in [9.17, 15) is 4.79 Å². The molecule has 0 unspecified atom stereocenters. The summed E-state index contributed by atoms with van der Waals surface area (Å²) in [4.78, 5) is 28.3. The molecule has 0 bridgehead atoms. The first-order valence-corrected chi connectivity index (χ1v) is 11.7. The van der Waals surface area contributed by atoms with Crippen LogP contribution in [0, 0.1) is 20.0 Å². The number of benzene rings is 1. The molecule has 39 heavy (non-hydrogen) atoms. The maximum atomic E-state index is 12.3. The summed E-state index contributed by atoms with van der Waals surface area (Å²) in [5, 5.41) is 2.91. The zero-order valence-electron chi connectivity index (χ0n) is 20.8. The number of hydrogen-bond donors (Lipinski definition) is 2. The third-order valence-electron chi connectivity index (χ3n) is 4.66. The van der Waals surface area contributed by atoms with Gasteiger partial charge in [0, 0.05) is 62.9 Å². The van der Waals surface area contributed by atoms with E-state index in [2.05, 4.69) is 49.5 Å². The summed E-state index contributed by atoms with van der Waals surface area (Å²) in [7, 11) is 0. The van der Waals surface area contributed by atoms with Gasteiger partial charge in [0.05, 0.1) is 23.4 Å². The van der Waals surface area contributed by atoms with Gasteiger partial charge in [-0.2, -0.15) is 5.90 Å². The second-order valence-corrected chi connectivity index (χ2v) is 7.90. The average Bonchev–Trinajstić information content (AvgIpc) is 2.99. The average molecular weight is 724 g/mol. The molecule has 11 nitrogen and oxygen atoms in total. The fourth-order valence-electron chi connectivity index (χ4n) is 3.15. The van der Waals surface area contributed by atoms with Crippen molar-refractivity contribution in [3.63, 3.8) is 0 Å². The molecule has 1 aromatic carbocycles. The summed E-state index contributed by atoms with van der Waals surface area (Å²) in [5.41, 5.74) is 2.78. The second kappa shape index (κ2) is 26.7. The van der Waals surface area contributed by atoms with Crippen LogP contribution in [0.1, 0.15) is 30.7 Å². The molecule has 205 valence electrons. The number of carbonyl (C=O) groups excluding carboxylic acids is 1. The first kappa shape index (κ1) is 38.2. The molecule has 3 aromatic rings. The van der Waals surface area contributed by atoms with Gasteiger partial charge in [0.15, 0.2) is 0 Å². The van der Waals surface area contributed by atoms with Crippen LogP contribution in [-0.2, 0) is 61.6 Å². The van der Waals surface area contributed by atoms with Crippen molar-refractivity contribution < 1.29 is 48.5 Å². The van der Waals surface area contributed by atoms with Crippen molar-refractivity contribution in [2.45, 2.75) is 37.2 Å². The van der Waals surface area contributed by atoms with E-state index in [4.69, 9.17) is 19.9 Å². The number of nitrogens with zero attached hydrogens (tertiary/aromatic N) is 3. The summed E-state index contributed by atoms with van der Waals surface area (Å²) in [6, 6.07) is 19.1. The van der Waals surface area contributed by atoms with Crippen molar-refractivity contribution in [3.05, 3.63) is 104 Å². The number of amides is 1. The van der Waals surface area contributed by atoms with Crippen LogP contribution < -0.4 is 11.2 Å². The summed E-state index contributed by atoms with van der Waals surface area (Å²) in [6.07, 6.45) is 5.77. The molecule has 0 spiro atoms. The first-order valence-electron chi connectivity index (χ1n) is 11.0. The molecule has 3 rings (SSSR count). The van der Waals surface area contributed by atoms with Crippen molar-refractivity contribution in [2.75, 3.05) is 11.9 Å². The molecule has 0 aliphatic rings. The predicted molar refractivity (Wildman–Crippen MR) is 136 cm³/mol. The van der Waals surface area contributed by atoms with Crippen LogP contribution >= 0.6 is 12.0 Å². The molecule has 2 aromatic heterocycles. The van der Waals surface area contributed by atoms with E-state index < -0.39 is 0 Å². The van der Waals surface area contributed by atoms with E-state index in [1.54, 1.807) is 0 Å². The van der Waals surface area contributed by atoms with E-state index in [1.165, 1.54) is 0 Å². The summed E-state index contributed by atoms with van der Waals surface area (Å²) in [6.45, 7) is 15.8. The third-order valence-corrected chi connectivity index (χ3v) is 5.27. The van der Waals surface area contributed by atoms with Gasteiger partial charge in [-0.3, -0.25) is 19.7 Å². The first-order chi connectivity index (χ1) is 18.7. The molecular formula is C26H27N5O6ReS. The van der Waals surface area contributed by atoms with Gasteiger partial charge in [-0.25, -0.2) is 0 Å². The molecule has 0 saturated carbocycles. The zero-order chi connectivity index (χ0) is 28.4. The molecule has 0 aliphatic heterocycles. The molecule has 0 saturated heterocycles. The minimum Gasteiger partial charge on any atom is 0 e. The number of rotatable bonds is 13. The van der Waals surface area contributed by atoms with Crippen LogP contribution in [0.4, 0.5) is 5.69 Å². The van der Waals surface area contributed by atoms with Crippen LogP contribution in [0.5, 0.6) is 0 Å². The van der Waals surface area contributed by atoms with Gasteiger partial charge in [0.1, 0.15) is 0 Å². The number of aromatic nitrogens is 2. The van der Waals surface area contributed by atoms with E-state index >= 15 is 0 Å². The number of unbranched alkanes of at least 4 members (excludes halogenated alkanes) is 1. The smallest absolute Gasteiger partial charge is 0 e. The van der Waals surface area contributed by atoms with Crippen molar-refractivity contribution in [2.24, 2.45) is 5.90 Å². The van der Waals surface area contributed by atoms with E-state index in [1.807, 2.05) is 73.1 Å². The Labute approximate surface area is 245 Å². The largest absolute Gasteiger partial charge is 0 e. The molecule has 3 N–H and O–H groups in total. The third kappa shape index (κ3) is 18.1. The number of nitrogens with one attached hydrogen (secondary N) is 1. The van der Waals surface area contributed by atoms with Gasteiger partial charge >= 0.3 is 33.9 Å². The summed E-state index contributed by atoms with van der Waals surface area (Å²) >= 11 is 0.995. The SMILES string of the molecule is NOOSc1ccc(NC(=O)CCCCN(Cc2ccccn2)Cc2ccccn2)cc1.[C-]#[O+].[C-]#[O+].[C-]#[O+].[Re]. The molecule has 0 aliphatic carbocycles. The van der Waals surface area contributed by atoms with Crippen LogP contribution in [0.2, 0.25) is 0 Å². The normalized spacial score (nSPS) is 9.13. The quantitative estimate of drug-likeness (QED) is 0.0668. The van der Waals surface area contributed by atoms with Gasteiger partial charge in [-0.05, 0) is 67.9 Å². The van der Waals surface area contributed by atoms with Gasteiger partial charge in [0.2, 0.25) is 5.91 Å². The van der Waals surface area contributed by atoms with Gasteiger partial charge < -0.3 is 5.32 Å². The van der Waals surface area contributed by atoms with Crippen molar-refractivity contribution in [1.82, 2.24) is 14.9 Å². The predicted octanol–water partition coefficient (Wildman–Crippen LogP) is 4.00. The molecule has 1 amide bonds. The molecule has 0 atom stereocenters. The number of nitrogens with two attached hydrogens (primary N) is 1. The Hall–Kier alpha value is -2.94. The maximum Gasteiger partial charge on any atom is 0 e. The fourth-order valence-corrected chi connectivity index (χ4v) is 3.52. The molecule has 13 heteroatoms. The van der Waals surface area contributed by atoms with Gasteiger partial charge in [0.25, 0.3) is 0 Å². The van der Waals surface area contributed by atoms with E-state index in [0.717, 1.165) is 66.5 Å². The van der Waals surface area contributed by atoms with Crippen molar-refractivity contribution >= 4 is 23.6 Å². The molecule has 1 radical (unpaired) electrons. The summed E-state index contributed by atoms with van der Waals surface area (Å²) in [5.74, 6) is 4.81. The number of carbonyl (C=O) groups is 1. The van der Waals surface area contributed by atoms with Crippen molar-refractivity contribution in [3.8, 4) is 0 Å². The number of hydrogen-bond acceptors (Lipinski definition) is 8. The fraction of sp³-hybridized carbons (Fsp3) is 0.231. The second-order valence-electron chi connectivity index (χ2n) is 7.13. The van der Waals surface area contributed by atoms with Crippen LogP contribution in [0.3, 0.4) is 0 Å². The number of pyridine rings is 2. The minimum atomic E-state index is -0.00653. The van der Waals surface area contributed by atoms with E-state index in [-0.39, 0.29) is 26.3 Å². The van der Waals surface area contributed by atoms with Gasteiger partial charge in [-0.1, -0.05) is 12.1 Å². The minimum absolute atomic E-state index is 0. The van der Waals surface area contributed by atoms with Gasteiger partial charge in [-0.15, -0.1) is 9.32 Å². The van der Waals surface area contributed by atoms with E-state index in [0.29, 0.717) is 6.42 Å². The zero-order valence-corrected chi connectivity index (χ0v) is 24.4. The Kier molecular flexibility index (Phi) is 26.1. The molecule has 2 heterocycles. The number of anilines is 1. The Morgan fingerprint density at radius 1 is 0.872 bits per heavy atom. The Morgan fingerprint density at radius 2 is 1.41 bits per heavy atom. The monoisotopic (exact) mass is 724 g/mol. The van der Waals surface area contributed by atoms with Crippen LogP contribution in [0.15, 0.2) is 78.0 Å². The van der Waals surface area contributed by atoms with Crippen molar-refractivity contribution in [1.29, 1.82) is 0 Å². The van der Waals surface area contributed by atoms with Crippen LogP contribution in [-0.4, -0.2) is 27.3 Å². The Balaban J connectivity index is 0. The molecule has 0 fully saturated rings. The Morgan fingerprint density at radius 3 is 1.87 bits per heavy atom.